The summed E-state index contributed by atoms with van der Waals surface area (Å²) in [6.45, 7) is 3.94. The maximum atomic E-state index is 11.8. The number of fused-ring (bicyclic) bond motifs is 1. The van der Waals surface area contributed by atoms with Gasteiger partial charge in [0.25, 0.3) is 5.91 Å². The Bertz CT molecular complexity index is 655. The van der Waals surface area contributed by atoms with Gasteiger partial charge in [0.15, 0.2) is 0 Å². The lowest BCUT2D eigenvalue weighted by Crippen LogP contribution is -2.42. The standard InChI is InChI=1S/C15H19N5O/c1-3-10(2)14(16)15(21)20-19-9-11-4-5-12-13(8-11)18-7-6-17-12/h4-10,14H,3,16H2,1-2H3,(H,20,21)/b19-9-/t10-,14+/m0/s1. The van der Waals surface area contributed by atoms with Gasteiger partial charge in [-0.2, -0.15) is 5.10 Å². The Morgan fingerprint density at radius 3 is 2.81 bits per heavy atom. The molecule has 0 bridgehead atoms. The molecular weight excluding hydrogens is 266 g/mol. The van der Waals surface area contributed by atoms with E-state index in [2.05, 4.69) is 20.5 Å². The molecule has 1 amide bonds. The van der Waals surface area contributed by atoms with Crippen molar-refractivity contribution in [2.24, 2.45) is 16.8 Å². The van der Waals surface area contributed by atoms with E-state index in [4.69, 9.17) is 5.73 Å². The number of benzene rings is 1. The monoisotopic (exact) mass is 285 g/mol. The summed E-state index contributed by atoms with van der Waals surface area (Å²) in [5.41, 5.74) is 10.7. The second-order valence-electron chi connectivity index (χ2n) is 4.95. The number of aromatic nitrogens is 2. The third-order valence-electron chi connectivity index (χ3n) is 3.44. The van der Waals surface area contributed by atoms with Crippen molar-refractivity contribution in [3.63, 3.8) is 0 Å². The van der Waals surface area contributed by atoms with Crippen LogP contribution in [-0.4, -0.2) is 28.1 Å². The van der Waals surface area contributed by atoms with Gasteiger partial charge in [-0.3, -0.25) is 14.8 Å². The Labute approximate surface area is 123 Å². The lowest BCUT2D eigenvalue weighted by Gasteiger charge is -2.15. The molecule has 6 nitrogen and oxygen atoms in total. The van der Waals surface area contributed by atoms with Crippen LogP contribution in [0.25, 0.3) is 11.0 Å². The number of rotatable bonds is 5. The largest absolute Gasteiger partial charge is 0.320 e. The Balaban J connectivity index is 2.01. The molecule has 6 heteroatoms. The van der Waals surface area contributed by atoms with Crippen molar-refractivity contribution in [3.8, 4) is 0 Å². The summed E-state index contributed by atoms with van der Waals surface area (Å²) in [5, 5.41) is 3.93. The highest BCUT2D eigenvalue weighted by Gasteiger charge is 2.18. The van der Waals surface area contributed by atoms with Crippen molar-refractivity contribution < 1.29 is 4.79 Å². The van der Waals surface area contributed by atoms with E-state index in [0.29, 0.717) is 0 Å². The first-order chi connectivity index (χ1) is 10.1. The van der Waals surface area contributed by atoms with Crippen LogP contribution in [0.2, 0.25) is 0 Å². The molecule has 21 heavy (non-hydrogen) atoms. The summed E-state index contributed by atoms with van der Waals surface area (Å²) in [5.74, 6) is -0.155. The fourth-order valence-corrected chi connectivity index (χ4v) is 1.82. The molecule has 0 spiro atoms. The molecule has 0 aliphatic carbocycles. The third-order valence-corrected chi connectivity index (χ3v) is 3.44. The first-order valence-corrected chi connectivity index (χ1v) is 6.91. The molecule has 1 aromatic heterocycles. The number of nitrogens with two attached hydrogens (primary N) is 1. The van der Waals surface area contributed by atoms with Gasteiger partial charge in [0.2, 0.25) is 0 Å². The highest BCUT2D eigenvalue weighted by atomic mass is 16.2. The summed E-state index contributed by atoms with van der Waals surface area (Å²) < 4.78 is 0. The Morgan fingerprint density at radius 1 is 1.38 bits per heavy atom. The highest BCUT2D eigenvalue weighted by molar-refractivity contribution is 5.88. The highest BCUT2D eigenvalue weighted by Crippen LogP contribution is 2.09. The lowest BCUT2D eigenvalue weighted by atomic mass is 10.00. The van der Waals surface area contributed by atoms with Gasteiger partial charge in [-0.15, -0.1) is 0 Å². The smallest absolute Gasteiger partial charge is 0.257 e. The minimum absolute atomic E-state index is 0.121. The van der Waals surface area contributed by atoms with Gasteiger partial charge >= 0.3 is 0 Å². The van der Waals surface area contributed by atoms with Gasteiger partial charge in [-0.05, 0) is 23.6 Å². The van der Waals surface area contributed by atoms with Gasteiger partial charge in [0.05, 0.1) is 23.3 Å². The summed E-state index contributed by atoms with van der Waals surface area (Å²) in [6.07, 6.45) is 5.69. The predicted octanol–water partition coefficient (Wildman–Crippen LogP) is 1.45. The average Bonchev–Trinajstić information content (AvgIpc) is 2.53. The zero-order chi connectivity index (χ0) is 15.2. The fraction of sp³-hybridized carbons (Fsp3) is 0.333. The number of nitrogens with zero attached hydrogens (tertiary/aromatic N) is 3. The second kappa shape index (κ2) is 6.90. The van der Waals surface area contributed by atoms with Crippen LogP contribution >= 0.6 is 0 Å². The van der Waals surface area contributed by atoms with Crippen molar-refractivity contribution in [1.82, 2.24) is 15.4 Å². The molecule has 1 aromatic carbocycles. The Hall–Kier alpha value is -2.34. The molecule has 2 atom stereocenters. The minimum atomic E-state index is -0.547. The van der Waals surface area contributed by atoms with Crippen LogP contribution in [0.1, 0.15) is 25.8 Å². The van der Waals surface area contributed by atoms with Crippen molar-refractivity contribution >= 4 is 23.2 Å². The zero-order valence-electron chi connectivity index (χ0n) is 12.2. The van der Waals surface area contributed by atoms with E-state index >= 15 is 0 Å². The van der Waals surface area contributed by atoms with E-state index in [0.717, 1.165) is 23.0 Å². The number of hydrazone groups is 1. The van der Waals surface area contributed by atoms with Crippen molar-refractivity contribution in [2.75, 3.05) is 0 Å². The molecule has 0 fully saturated rings. The topological polar surface area (TPSA) is 93.3 Å². The Morgan fingerprint density at radius 2 is 2.10 bits per heavy atom. The number of nitrogens with one attached hydrogen (secondary N) is 1. The zero-order valence-corrected chi connectivity index (χ0v) is 12.2. The molecule has 1 heterocycles. The summed E-state index contributed by atoms with van der Waals surface area (Å²) >= 11 is 0. The van der Waals surface area contributed by atoms with Gasteiger partial charge < -0.3 is 5.73 Å². The first kappa shape index (κ1) is 15.1. The molecule has 2 aromatic rings. The van der Waals surface area contributed by atoms with E-state index in [1.54, 1.807) is 18.6 Å². The van der Waals surface area contributed by atoms with Crippen LogP contribution in [0.4, 0.5) is 0 Å². The van der Waals surface area contributed by atoms with Crippen LogP contribution in [0.5, 0.6) is 0 Å². The number of carbonyl (C=O) groups excluding carboxylic acids is 1. The van der Waals surface area contributed by atoms with Crippen LogP contribution in [-0.2, 0) is 4.79 Å². The molecule has 0 unspecified atom stereocenters. The van der Waals surface area contributed by atoms with Crippen LogP contribution in [0.15, 0.2) is 35.7 Å². The number of carbonyl (C=O) groups is 1. The summed E-state index contributed by atoms with van der Waals surface area (Å²) in [4.78, 5) is 20.2. The van der Waals surface area contributed by atoms with E-state index < -0.39 is 6.04 Å². The number of amides is 1. The minimum Gasteiger partial charge on any atom is -0.320 e. The molecule has 0 saturated carbocycles. The summed E-state index contributed by atoms with van der Waals surface area (Å²) in [6, 6.07) is 5.03. The average molecular weight is 285 g/mol. The Kier molecular flexibility index (Phi) is 4.94. The molecule has 0 aliphatic heterocycles. The fourth-order valence-electron chi connectivity index (χ4n) is 1.82. The van der Waals surface area contributed by atoms with Crippen molar-refractivity contribution in [3.05, 3.63) is 36.2 Å². The third kappa shape index (κ3) is 3.82. The van der Waals surface area contributed by atoms with Gasteiger partial charge in [-0.25, -0.2) is 5.43 Å². The number of hydrogen-bond donors (Lipinski definition) is 2. The summed E-state index contributed by atoms with van der Waals surface area (Å²) in [7, 11) is 0. The van der Waals surface area contributed by atoms with Gasteiger partial charge in [0.1, 0.15) is 0 Å². The maximum Gasteiger partial charge on any atom is 0.257 e. The van der Waals surface area contributed by atoms with E-state index in [1.807, 2.05) is 32.0 Å². The molecular formula is C15H19N5O. The molecule has 110 valence electrons. The molecule has 0 radical (unpaired) electrons. The molecule has 3 N–H and O–H groups in total. The van der Waals surface area contributed by atoms with E-state index in [9.17, 15) is 4.79 Å². The SMILES string of the molecule is CC[C@H](C)[C@@H](N)C(=O)N/N=C\c1ccc2nccnc2c1. The van der Waals surface area contributed by atoms with Gasteiger partial charge in [0, 0.05) is 12.4 Å². The van der Waals surface area contributed by atoms with Gasteiger partial charge in [-0.1, -0.05) is 26.3 Å². The van der Waals surface area contributed by atoms with Crippen molar-refractivity contribution in [2.45, 2.75) is 26.3 Å². The molecule has 2 rings (SSSR count). The van der Waals surface area contributed by atoms with Crippen LogP contribution in [0, 0.1) is 5.92 Å². The van der Waals surface area contributed by atoms with E-state index in [1.165, 1.54) is 0 Å². The quantitative estimate of drug-likeness (QED) is 0.642. The van der Waals surface area contributed by atoms with Crippen LogP contribution < -0.4 is 11.2 Å². The number of hydrogen-bond acceptors (Lipinski definition) is 5. The maximum absolute atomic E-state index is 11.8. The van der Waals surface area contributed by atoms with E-state index in [-0.39, 0.29) is 11.8 Å². The normalized spacial score (nSPS) is 14.2. The predicted molar refractivity (Wildman–Crippen MR) is 82.7 cm³/mol. The second-order valence-corrected chi connectivity index (χ2v) is 4.95. The molecule has 0 aliphatic rings. The van der Waals surface area contributed by atoms with Crippen molar-refractivity contribution in [1.29, 1.82) is 0 Å². The van der Waals surface area contributed by atoms with Crippen LogP contribution in [0.3, 0.4) is 0 Å². The lowest BCUT2D eigenvalue weighted by molar-refractivity contribution is -0.123. The molecule has 0 saturated heterocycles. The first-order valence-electron chi connectivity index (χ1n) is 6.91.